The molecule has 0 saturated carbocycles. The Morgan fingerprint density at radius 3 is 2.39 bits per heavy atom. The molecule has 3 aromatic rings. The Morgan fingerprint density at radius 1 is 1.10 bits per heavy atom. The quantitative estimate of drug-likeness (QED) is 0.413. The predicted octanol–water partition coefficient (Wildman–Crippen LogP) is 4.29. The van der Waals surface area contributed by atoms with Gasteiger partial charge in [0.05, 0.1) is 35.1 Å². The van der Waals surface area contributed by atoms with Crippen LogP contribution in [0.15, 0.2) is 47.5 Å². The highest BCUT2D eigenvalue weighted by Crippen LogP contribution is 2.29. The summed E-state index contributed by atoms with van der Waals surface area (Å²) in [5.74, 6) is -1.16. The molecule has 0 aliphatic rings. The van der Waals surface area contributed by atoms with Crippen molar-refractivity contribution in [1.29, 1.82) is 0 Å². The third kappa shape index (κ3) is 5.20. The van der Waals surface area contributed by atoms with Crippen LogP contribution in [-0.2, 0) is 22.2 Å². The number of fused-ring (bicyclic) bond motifs is 1. The second-order valence-corrected chi connectivity index (χ2v) is 7.41. The van der Waals surface area contributed by atoms with E-state index in [1.165, 1.54) is 18.4 Å². The van der Waals surface area contributed by atoms with Gasteiger partial charge in [0.25, 0.3) is 5.91 Å². The number of alkyl halides is 3. The number of benzene rings is 2. The number of thiazole rings is 1. The number of esters is 1. The molecular weight excluding hydrogens is 433 g/mol. The zero-order valence-corrected chi connectivity index (χ0v) is 17.5. The van der Waals surface area contributed by atoms with Gasteiger partial charge in [-0.2, -0.15) is 18.2 Å². The molecule has 3 rings (SSSR count). The minimum Gasteiger partial charge on any atom is -0.465 e. The normalized spacial score (nSPS) is 12.4. The number of methoxy groups -OCH3 is 1. The number of amides is 1. The summed E-state index contributed by atoms with van der Waals surface area (Å²) in [6.45, 7) is 3.16. The summed E-state index contributed by atoms with van der Waals surface area (Å²) in [5, 5.41) is 0. The van der Waals surface area contributed by atoms with Gasteiger partial charge in [0.15, 0.2) is 4.80 Å². The standard InChI is InChI=1S/C21H19F3N2O4S/c1-3-30-11-10-26-16-9-6-14(19(28)29-2)12-17(16)31-20(26)25-18(27)13-4-7-15(8-5-13)21(22,23)24/h4-9,12H,3,10-11H2,1-2H3. The summed E-state index contributed by atoms with van der Waals surface area (Å²) in [7, 11) is 1.28. The third-order valence-corrected chi connectivity index (χ3v) is 5.46. The van der Waals surface area contributed by atoms with E-state index < -0.39 is 23.6 Å². The third-order valence-electron chi connectivity index (χ3n) is 4.42. The molecule has 1 amide bonds. The van der Waals surface area contributed by atoms with Crippen LogP contribution in [0.2, 0.25) is 0 Å². The Hall–Kier alpha value is -2.98. The predicted molar refractivity (Wildman–Crippen MR) is 109 cm³/mol. The van der Waals surface area contributed by atoms with Gasteiger partial charge in [0, 0.05) is 18.7 Å². The van der Waals surface area contributed by atoms with Crippen LogP contribution in [0.5, 0.6) is 0 Å². The Balaban J connectivity index is 2.03. The average molecular weight is 452 g/mol. The molecule has 0 atom stereocenters. The number of rotatable bonds is 6. The van der Waals surface area contributed by atoms with Crippen molar-refractivity contribution in [3.05, 3.63) is 64.0 Å². The molecule has 0 saturated heterocycles. The van der Waals surface area contributed by atoms with Crippen molar-refractivity contribution in [2.45, 2.75) is 19.6 Å². The molecule has 0 N–H and O–H groups in total. The zero-order chi connectivity index (χ0) is 22.6. The van der Waals surface area contributed by atoms with Crippen LogP contribution in [0, 0.1) is 0 Å². The van der Waals surface area contributed by atoms with E-state index in [0.717, 1.165) is 29.8 Å². The van der Waals surface area contributed by atoms with Gasteiger partial charge in [-0.05, 0) is 49.4 Å². The van der Waals surface area contributed by atoms with Crippen LogP contribution in [0.25, 0.3) is 10.2 Å². The number of nitrogens with zero attached hydrogens (tertiary/aromatic N) is 2. The average Bonchev–Trinajstić information content (AvgIpc) is 3.09. The Kier molecular flexibility index (Phi) is 6.91. The van der Waals surface area contributed by atoms with E-state index in [1.54, 1.807) is 22.8 Å². The molecule has 1 aromatic heterocycles. The summed E-state index contributed by atoms with van der Waals surface area (Å²) < 4.78 is 50.9. The first-order valence-corrected chi connectivity index (χ1v) is 10.1. The largest absolute Gasteiger partial charge is 0.465 e. The molecule has 0 spiro atoms. The second-order valence-electron chi connectivity index (χ2n) is 6.40. The van der Waals surface area contributed by atoms with E-state index in [2.05, 4.69) is 4.99 Å². The molecule has 0 fully saturated rings. The van der Waals surface area contributed by atoms with E-state index in [9.17, 15) is 22.8 Å². The maximum absolute atomic E-state index is 12.7. The second kappa shape index (κ2) is 9.44. The molecule has 10 heteroatoms. The van der Waals surface area contributed by atoms with E-state index >= 15 is 0 Å². The summed E-state index contributed by atoms with van der Waals surface area (Å²) >= 11 is 1.19. The van der Waals surface area contributed by atoms with Gasteiger partial charge in [-0.15, -0.1) is 0 Å². The summed E-state index contributed by atoms with van der Waals surface area (Å²) in [5.41, 5.74) is 0.301. The van der Waals surface area contributed by atoms with Crippen LogP contribution >= 0.6 is 11.3 Å². The lowest BCUT2D eigenvalue weighted by molar-refractivity contribution is -0.137. The molecule has 6 nitrogen and oxygen atoms in total. The number of halogens is 3. The van der Waals surface area contributed by atoms with Gasteiger partial charge in [-0.3, -0.25) is 4.79 Å². The van der Waals surface area contributed by atoms with Crippen molar-refractivity contribution in [1.82, 2.24) is 4.57 Å². The minimum absolute atomic E-state index is 0.0389. The highest BCUT2D eigenvalue weighted by molar-refractivity contribution is 7.16. The van der Waals surface area contributed by atoms with Crippen molar-refractivity contribution >= 4 is 33.4 Å². The zero-order valence-electron chi connectivity index (χ0n) is 16.7. The Labute approximate surface area is 179 Å². The van der Waals surface area contributed by atoms with Crippen LogP contribution in [0.4, 0.5) is 13.2 Å². The van der Waals surface area contributed by atoms with E-state index in [-0.39, 0.29) is 5.56 Å². The maximum atomic E-state index is 12.7. The van der Waals surface area contributed by atoms with Crippen LogP contribution in [0.3, 0.4) is 0 Å². The van der Waals surface area contributed by atoms with Crippen LogP contribution in [-0.4, -0.2) is 36.8 Å². The van der Waals surface area contributed by atoms with Gasteiger partial charge >= 0.3 is 12.1 Å². The smallest absolute Gasteiger partial charge is 0.416 e. The SMILES string of the molecule is CCOCCn1c(=NC(=O)c2ccc(C(F)(F)F)cc2)sc2cc(C(=O)OC)ccc21. The van der Waals surface area contributed by atoms with Crippen LogP contribution in [0.1, 0.15) is 33.2 Å². The van der Waals surface area contributed by atoms with Crippen LogP contribution < -0.4 is 4.80 Å². The molecule has 0 radical (unpaired) electrons. The minimum atomic E-state index is -4.48. The number of hydrogen-bond donors (Lipinski definition) is 0. The highest BCUT2D eigenvalue weighted by Gasteiger charge is 2.30. The number of aromatic nitrogens is 1. The molecule has 0 aliphatic carbocycles. The molecular formula is C21H19F3N2O4S. The molecule has 0 bridgehead atoms. The first kappa shape index (κ1) is 22.7. The molecule has 164 valence electrons. The topological polar surface area (TPSA) is 69.9 Å². The lowest BCUT2D eigenvalue weighted by Gasteiger charge is -2.07. The number of carbonyl (C=O) groups is 2. The van der Waals surface area contributed by atoms with Crippen molar-refractivity contribution in [2.24, 2.45) is 4.99 Å². The molecule has 0 aliphatic heterocycles. The van der Waals surface area contributed by atoms with Gasteiger partial charge in [0.2, 0.25) is 0 Å². The van der Waals surface area contributed by atoms with Gasteiger partial charge in [-0.25, -0.2) is 4.79 Å². The van der Waals surface area contributed by atoms with Crippen molar-refractivity contribution in [3.63, 3.8) is 0 Å². The van der Waals surface area contributed by atoms with E-state index in [1.807, 2.05) is 6.92 Å². The summed E-state index contributed by atoms with van der Waals surface area (Å²) in [6, 6.07) is 8.87. The van der Waals surface area contributed by atoms with E-state index in [0.29, 0.717) is 34.8 Å². The molecule has 1 heterocycles. The molecule has 2 aromatic carbocycles. The van der Waals surface area contributed by atoms with Crippen molar-refractivity contribution in [2.75, 3.05) is 20.3 Å². The van der Waals surface area contributed by atoms with Crippen molar-refractivity contribution < 1.29 is 32.2 Å². The molecule has 31 heavy (non-hydrogen) atoms. The number of ether oxygens (including phenoxy) is 2. The summed E-state index contributed by atoms with van der Waals surface area (Å²) in [4.78, 5) is 28.9. The Morgan fingerprint density at radius 2 is 1.77 bits per heavy atom. The fraction of sp³-hybridized carbons (Fsp3) is 0.286. The lowest BCUT2D eigenvalue weighted by Crippen LogP contribution is -2.19. The summed E-state index contributed by atoms with van der Waals surface area (Å²) in [6.07, 6.45) is -4.48. The van der Waals surface area contributed by atoms with Crippen molar-refractivity contribution in [3.8, 4) is 0 Å². The first-order chi connectivity index (χ1) is 14.7. The van der Waals surface area contributed by atoms with Gasteiger partial charge in [0.1, 0.15) is 0 Å². The number of hydrogen-bond acceptors (Lipinski definition) is 5. The fourth-order valence-electron chi connectivity index (χ4n) is 2.87. The number of carbonyl (C=O) groups excluding carboxylic acids is 2. The monoisotopic (exact) mass is 452 g/mol. The van der Waals surface area contributed by atoms with E-state index in [4.69, 9.17) is 9.47 Å². The van der Waals surface area contributed by atoms with Gasteiger partial charge in [-0.1, -0.05) is 11.3 Å². The highest BCUT2D eigenvalue weighted by atomic mass is 32.1. The maximum Gasteiger partial charge on any atom is 0.416 e. The fourth-order valence-corrected chi connectivity index (χ4v) is 3.97. The first-order valence-electron chi connectivity index (χ1n) is 9.30. The lowest BCUT2D eigenvalue weighted by atomic mass is 10.1. The molecule has 0 unspecified atom stereocenters. The van der Waals surface area contributed by atoms with Gasteiger partial charge < -0.3 is 14.0 Å². The Bertz CT molecular complexity index is 1160.